The van der Waals surface area contributed by atoms with E-state index in [-0.39, 0.29) is 36.4 Å². The third kappa shape index (κ3) is 8.32. The molecule has 3 N–H and O–H groups in total. The summed E-state index contributed by atoms with van der Waals surface area (Å²) in [5.41, 5.74) is 2.02. The minimum atomic E-state index is -4.67. The molecule has 1 heterocycles. The van der Waals surface area contributed by atoms with Crippen LogP contribution in [0.15, 0.2) is 34.3 Å². The monoisotopic (exact) mass is 535 g/mol. The first kappa shape index (κ1) is 28.3. The molecule has 0 atom stereocenters. The molecule has 2 amide bonds. The predicted molar refractivity (Wildman–Crippen MR) is 126 cm³/mol. The number of nitriles is 1. The van der Waals surface area contributed by atoms with Gasteiger partial charge >= 0.3 is 18.0 Å². The lowest BCUT2D eigenvalue weighted by Crippen LogP contribution is -2.35. The topological polar surface area (TPSA) is 220 Å². The zero-order chi connectivity index (χ0) is 27.4. The Bertz CT molecular complexity index is 1320. The Balaban J connectivity index is 2.25. The standard InChI is InChI=1S/C20H21N7O9S/c1-33-15-10-16(34-2)24-19(23-15)25-20(30)27-37(31,32)14-9-12(5-6-13(14)18(29)35-3)26-22-11-17(28)36-8-4-7-21/h5-6,9-11,26H,4,8H2,1-3H3,(H2,23,24,25,27,30). The molecule has 0 radical (unpaired) electrons. The van der Waals surface area contributed by atoms with E-state index < -0.39 is 38.5 Å². The first-order valence-corrected chi connectivity index (χ1v) is 11.5. The van der Waals surface area contributed by atoms with E-state index in [1.165, 1.54) is 26.4 Å². The van der Waals surface area contributed by atoms with E-state index in [9.17, 15) is 22.8 Å². The molecule has 2 aromatic rings. The fraction of sp³-hybridized carbons (Fsp3) is 0.250. The molecule has 0 aliphatic rings. The number of nitrogens with one attached hydrogen (secondary N) is 3. The summed E-state index contributed by atoms with van der Waals surface area (Å²) in [6, 6.07) is 5.23. The van der Waals surface area contributed by atoms with E-state index in [0.717, 1.165) is 25.5 Å². The highest BCUT2D eigenvalue weighted by Gasteiger charge is 2.26. The van der Waals surface area contributed by atoms with E-state index in [1.54, 1.807) is 10.8 Å². The fourth-order valence-corrected chi connectivity index (χ4v) is 3.59. The first-order valence-electron chi connectivity index (χ1n) is 9.99. The van der Waals surface area contributed by atoms with Gasteiger partial charge in [-0.2, -0.15) is 20.3 Å². The molecule has 196 valence electrons. The maximum atomic E-state index is 13.0. The van der Waals surface area contributed by atoms with Gasteiger partial charge in [0.1, 0.15) is 17.7 Å². The first-order chi connectivity index (χ1) is 17.6. The number of methoxy groups -OCH3 is 3. The zero-order valence-electron chi connectivity index (χ0n) is 19.7. The number of carbonyl (C=O) groups is 3. The maximum absolute atomic E-state index is 13.0. The van der Waals surface area contributed by atoms with Crippen molar-refractivity contribution >= 4 is 45.8 Å². The average molecular weight is 535 g/mol. The van der Waals surface area contributed by atoms with Crippen molar-refractivity contribution in [2.75, 3.05) is 38.7 Å². The molecule has 37 heavy (non-hydrogen) atoms. The SMILES string of the molecule is COC(=O)c1ccc(NN=CC(=O)OCCC#N)cc1S(=O)(=O)NC(=O)Nc1nc(OC)cc(OC)n1. The summed E-state index contributed by atoms with van der Waals surface area (Å²) < 4.78 is 46.9. The van der Waals surface area contributed by atoms with Crippen molar-refractivity contribution in [3.63, 3.8) is 0 Å². The van der Waals surface area contributed by atoms with E-state index >= 15 is 0 Å². The fourth-order valence-electron chi connectivity index (χ4n) is 2.46. The number of esters is 2. The van der Waals surface area contributed by atoms with Crippen molar-refractivity contribution in [3.8, 4) is 17.8 Å². The quantitative estimate of drug-likeness (QED) is 0.156. The van der Waals surface area contributed by atoms with E-state index in [0.29, 0.717) is 0 Å². The van der Waals surface area contributed by atoms with Crippen LogP contribution in [0.2, 0.25) is 0 Å². The minimum Gasteiger partial charge on any atom is -0.481 e. The van der Waals surface area contributed by atoms with Crippen LogP contribution in [0.1, 0.15) is 16.8 Å². The van der Waals surface area contributed by atoms with Gasteiger partial charge in [-0.25, -0.2) is 27.5 Å². The van der Waals surface area contributed by atoms with Crippen molar-refractivity contribution in [2.45, 2.75) is 11.3 Å². The summed E-state index contributed by atoms with van der Waals surface area (Å²) in [7, 11) is -1.00. The molecule has 2 rings (SSSR count). The van der Waals surface area contributed by atoms with Crippen molar-refractivity contribution in [2.24, 2.45) is 5.10 Å². The van der Waals surface area contributed by atoms with Gasteiger partial charge in [-0.3, -0.25) is 10.7 Å². The normalized spacial score (nSPS) is 10.6. The highest BCUT2D eigenvalue weighted by atomic mass is 32.2. The number of amides is 2. The average Bonchev–Trinajstić information content (AvgIpc) is 2.87. The molecule has 0 saturated heterocycles. The van der Waals surface area contributed by atoms with Gasteiger partial charge in [0.2, 0.25) is 17.7 Å². The summed E-state index contributed by atoms with van der Waals surface area (Å²) in [6.07, 6.45) is 0.759. The van der Waals surface area contributed by atoms with Crippen molar-refractivity contribution in [1.82, 2.24) is 14.7 Å². The summed E-state index contributed by atoms with van der Waals surface area (Å²) in [6.45, 7) is -0.126. The van der Waals surface area contributed by atoms with Gasteiger partial charge in [0.25, 0.3) is 10.0 Å². The van der Waals surface area contributed by atoms with Crippen LogP contribution in [0.25, 0.3) is 0 Å². The number of hydrogen-bond donors (Lipinski definition) is 3. The molecule has 0 aliphatic carbocycles. The molecular weight excluding hydrogens is 514 g/mol. The highest BCUT2D eigenvalue weighted by molar-refractivity contribution is 7.90. The number of carbonyl (C=O) groups excluding carboxylic acids is 3. The molecule has 1 aromatic heterocycles. The van der Waals surface area contributed by atoms with Crippen LogP contribution >= 0.6 is 0 Å². The molecule has 0 aliphatic heterocycles. The Morgan fingerprint density at radius 2 is 1.78 bits per heavy atom. The minimum absolute atomic E-state index is 0.00127. The van der Waals surface area contributed by atoms with Gasteiger partial charge in [-0.05, 0) is 18.2 Å². The van der Waals surface area contributed by atoms with Gasteiger partial charge in [-0.15, -0.1) is 0 Å². The second kappa shape index (κ2) is 13.2. The van der Waals surface area contributed by atoms with Crippen LogP contribution in [-0.4, -0.2) is 70.5 Å². The summed E-state index contributed by atoms with van der Waals surface area (Å²) in [5, 5.41) is 14.2. The Morgan fingerprint density at radius 3 is 2.38 bits per heavy atom. The molecule has 0 unspecified atom stereocenters. The van der Waals surface area contributed by atoms with Gasteiger partial charge in [0, 0.05) is 0 Å². The number of nitrogens with zero attached hydrogens (tertiary/aromatic N) is 4. The summed E-state index contributed by atoms with van der Waals surface area (Å²) in [4.78, 5) is 43.1. The van der Waals surface area contributed by atoms with Crippen LogP contribution in [0.5, 0.6) is 11.8 Å². The number of aromatic nitrogens is 2. The van der Waals surface area contributed by atoms with Gasteiger partial charge in [-0.1, -0.05) is 0 Å². The number of hydrazone groups is 1. The second-order valence-electron chi connectivity index (χ2n) is 6.48. The number of urea groups is 1. The summed E-state index contributed by atoms with van der Waals surface area (Å²) in [5.74, 6) is -2.12. The van der Waals surface area contributed by atoms with E-state index in [4.69, 9.17) is 19.5 Å². The van der Waals surface area contributed by atoms with Crippen LogP contribution in [0.4, 0.5) is 16.4 Å². The number of ether oxygens (including phenoxy) is 4. The lowest BCUT2D eigenvalue weighted by atomic mass is 10.2. The van der Waals surface area contributed by atoms with Crippen LogP contribution in [0.3, 0.4) is 0 Å². The number of sulfonamides is 1. The van der Waals surface area contributed by atoms with Gasteiger partial charge in [0.05, 0.1) is 51.1 Å². The van der Waals surface area contributed by atoms with Crippen LogP contribution in [0, 0.1) is 11.3 Å². The third-order valence-electron chi connectivity index (χ3n) is 4.05. The second-order valence-corrected chi connectivity index (χ2v) is 8.13. The molecule has 0 saturated carbocycles. The summed E-state index contributed by atoms with van der Waals surface area (Å²) >= 11 is 0. The molecule has 0 fully saturated rings. The molecule has 0 spiro atoms. The van der Waals surface area contributed by atoms with E-state index in [2.05, 4.69) is 30.5 Å². The smallest absolute Gasteiger partial charge is 0.351 e. The Kier molecular flexibility index (Phi) is 10.1. The van der Waals surface area contributed by atoms with Crippen LogP contribution < -0.4 is 24.9 Å². The number of rotatable bonds is 11. The van der Waals surface area contributed by atoms with Crippen LogP contribution in [-0.2, 0) is 24.3 Å². The van der Waals surface area contributed by atoms with Gasteiger partial charge < -0.3 is 18.9 Å². The predicted octanol–water partition coefficient (Wildman–Crippen LogP) is 0.645. The Morgan fingerprint density at radius 1 is 1.11 bits per heavy atom. The third-order valence-corrected chi connectivity index (χ3v) is 5.42. The largest absolute Gasteiger partial charge is 0.481 e. The zero-order valence-corrected chi connectivity index (χ0v) is 20.5. The number of benzene rings is 1. The molecule has 16 nitrogen and oxygen atoms in total. The molecular formula is C20H21N7O9S. The van der Waals surface area contributed by atoms with E-state index in [1.807, 2.05) is 0 Å². The lowest BCUT2D eigenvalue weighted by molar-refractivity contribution is -0.134. The molecule has 1 aromatic carbocycles. The lowest BCUT2D eigenvalue weighted by Gasteiger charge is -2.13. The number of anilines is 2. The van der Waals surface area contributed by atoms with Crippen molar-refractivity contribution in [1.29, 1.82) is 5.26 Å². The van der Waals surface area contributed by atoms with Crippen molar-refractivity contribution in [3.05, 3.63) is 29.8 Å². The molecule has 17 heteroatoms. The van der Waals surface area contributed by atoms with Crippen molar-refractivity contribution < 1.29 is 41.7 Å². The number of hydrogen-bond acceptors (Lipinski definition) is 14. The highest BCUT2D eigenvalue weighted by Crippen LogP contribution is 2.22. The molecule has 0 bridgehead atoms. The maximum Gasteiger partial charge on any atom is 0.351 e. The Hall–Kier alpha value is -4.98. The van der Waals surface area contributed by atoms with Gasteiger partial charge in [0.15, 0.2) is 0 Å². The Labute approximate surface area is 210 Å².